The third-order valence-electron chi connectivity index (χ3n) is 9.36. The fourth-order valence-corrected chi connectivity index (χ4v) is 7.33. The van der Waals surface area contributed by atoms with Gasteiger partial charge >= 0.3 is 6.18 Å². The standard InChI is InChI=1S/C30H41F3N6O2S/c1-5-24-35-37(4)16-7-8-20-18-28(2,3)39(19-20)25-22(26(40)36-42-24)10-11-23(34-25)38-17-12-21(27(38)41)9-6-13-29(14-15-29)30(31,32)33/h5,10-11,20-21H,1,6-9,12-19H2,2-4H3,(H,36,40)/b35-24+. The highest BCUT2D eigenvalue weighted by Crippen LogP contribution is 2.60. The van der Waals surface area contributed by atoms with Gasteiger partial charge in [0.2, 0.25) is 5.91 Å². The normalized spacial score (nSPS) is 27.2. The molecule has 4 aliphatic rings. The lowest BCUT2D eigenvalue weighted by molar-refractivity contribution is -0.189. The Hall–Kier alpha value is -2.76. The van der Waals surface area contributed by atoms with Gasteiger partial charge in [0.25, 0.3) is 5.91 Å². The first-order valence-corrected chi connectivity index (χ1v) is 15.7. The number of amides is 2. The number of nitrogens with zero attached hydrogens (tertiary/aromatic N) is 5. The van der Waals surface area contributed by atoms with Crippen molar-refractivity contribution in [1.82, 2.24) is 14.7 Å². The van der Waals surface area contributed by atoms with Gasteiger partial charge in [0.1, 0.15) is 16.7 Å². The minimum atomic E-state index is -4.17. The molecule has 1 saturated carbocycles. The minimum absolute atomic E-state index is 0.0876. The molecule has 1 N–H and O–H groups in total. The third kappa shape index (κ3) is 6.28. The van der Waals surface area contributed by atoms with Crippen LogP contribution in [0, 0.1) is 17.3 Å². The molecule has 4 heterocycles. The Labute approximate surface area is 250 Å². The summed E-state index contributed by atoms with van der Waals surface area (Å²) in [6.45, 7) is 10.1. The Balaban J connectivity index is 1.37. The van der Waals surface area contributed by atoms with Crippen molar-refractivity contribution in [3.05, 3.63) is 30.4 Å². The number of carbonyl (C=O) groups excluding carboxylic acids is 2. The van der Waals surface area contributed by atoms with Gasteiger partial charge in [-0.3, -0.25) is 24.2 Å². The van der Waals surface area contributed by atoms with Gasteiger partial charge in [-0.1, -0.05) is 13.0 Å². The van der Waals surface area contributed by atoms with Crippen LogP contribution in [0.1, 0.15) is 82.0 Å². The summed E-state index contributed by atoms with van der Waals surface area (Å²) >= 11 is 1.10. The lowest BCUT2D eigenvalue weighted by atomic mass is 9.93. The summed E-state index contributed by atoms with van der Waals surface area (Å²) in [5.41, 5.74) is -1.37. The number of fused-ring (bicyclic) bond motifs is 4. The smallest absolute Gasteiger partial charge is 0.350 e. The van der Waals surface area contributed by atoms with Gasteiger partial charge in [-0.2, -0.15) is 18.3 Å². The molecule has 1 aromatic heterocycles. The second-order valence-corrected chi connectivity index (χ2v) is 13.7. The van der Waals surface area contributed by atoms with Gasteiger partial charge in [0.05, 0.1) is 11.0 Å². The molecule has 0 aromatic carbocycles. The molecule has 12 heteroatoms. The number of carbonyl (C=O) groups is 2. The van der Waals surface area contributed by atoms with Crippen LogP contribution < -0.4 is 14.5 Å². The van der Waals surface area contributed by atoms with Crippen molar-refractivity contribution in [1.29, 1.82) is 0 Å². The van der Waals surface area contributed by atoms with E-state index in [0.717, 1.165) is 44.3 Å². The van der Waals surface area contributed by atoms with E-state index in [-0.39, 0.29) is 42.5 Å². The fraction of sp³-hybridized carbons (Fsp3) is 0.667. The predicted octanol–water partition coefficient (Wildman–Crippen LogP) is 6.16. The molecule has 0 spiro atoms. The maximum Gasteiger partial charge on any atom is 0.394 e. The van der Waals surface area contributed by atoms with Crippen LogP contribution in [0.2, 0.25) is 0 Å². The zero-order valence-electron chi connectivity index (χ0n) is 24.7. The van der Waals surface area contributed by atoms with Gasteiger partial charge in [-0.25, -0.2) is 4.98 Å². The molecule has 5 rings (SSSR count). The zero-order valence-corrected chi connectivity index (χ0v) is 25.5. The largest absolute Gasteiger partial charge is 0.394 e. The molecule has 1 aliphatic carbocycles. The number of hydrogen-bond acceptors (Lipinski definition) is 7. The molecule has 42 heavy (non-hydrogen) atoms. The van der Waals surface area contributed by atoms with Crippen molar-refractivity contribution in [3.8, 4) is 0 Å². The van der Waals surface area contributed by atoms with Crippen molar-refractivity contribution in [2.45, 2.75) is 83.4 Å². The Kier molecular flexibility index (Phi) is 8.57. The number of alkyl halides is 3. The summed E-state index contributed by atoms with van der Waals surface area (Å²) in [4.78, 5) is 35.7. The number of rotatable bonds is 6. The molecule has 8 nitrogen and oxygen atoms in total. The minimum Gasteiger partial charge on any atom is -0.350 e. The number of pyridine rings is 1. The van der Waals surface area contributed by atoms with Gasteiger partial charge in [-0.05, 0) is 89.3 Å². The topological polar surface area (TPSA) is 81.1 Å². The highest BCUT2D eigenvalue weighted by atomic mass is 32.2. The molecule has 2 atom stereocenters. The van der Waals surface area contributed by atoms with Gasteiger partial charge < -0.3 is 4.90 Å². The van der Waals surface area contributed by atoms with E-state index in [9.17, 15) is 22.8 Å². The molecule has 2 amide bonds. The number of aromatic nitrogens is 1. The second kappa shape index (κ2) is 11.7. The van der Waals surface area contributed by atoms with Gasteiger partial charge in [0, 0.05) is 50.1 Å². The monoisotopic (exact) mass is 606 g/mol. The zero-order chi connectivity index (χ0) is 30.3. The van der Waals surface area contributed by atoms with Crippen LogP contribution in [-0.2, 0) is 4.79 Å². The van der Waals surface area contributed by atoms with Crippen LogP contribution in [0.5, 0.6) is 0 Å². The molecule has 0 radical (unpaired) electrons. The summed E-state index contributed by atoms with van der Waals surface area (Å²) in [5, 5.41) is 7.00. The number of halogens is 3. The van der Waals surface area contributed by atoms with Crippen LogP contribution in [-0.4, -0.2) is 65.2 Å². The lowest BCUT2D eigenvalue weighted by Gasteiger charge is -2.34. The highest BCUT2D eigenvalue weighted by Gasteiger charge is 2.62. The van der Waals surface area contributed by atoms with E-state index < -0.39 is 11.6 Å². The highest BCUT2D eigenvalue weighted by molar-refractivity contribution is 8.13. The first-order valence-electron chi connectivity index (χ1n) is 14.9. The quantitative estimate of drug-likeness (QED) is 0.391. The average Bonchev–Trinajstić information content (AvgIpc) is 3.56. The molecule has 230 valence electrons. The molecular formula is C30H41F3N6O2S. The summed E-state index contributed by atoms with van der Waals surface area (Å²) in [7, 11) is 1.92. The van der Waals surface area contributed by atoms with E-state index in [1.807, 2.05) is 12.1 Å². The molecular weight excluding hydrogens is 565 g/mol. The maximum atomic E-state index is 13.5. The Morgan fingerprint density at radius 2 is 1.95 bits per heavy atom. The van der Waals surface area contributed by atoms with Crippen LogP contribution in [0.4, 0.5) is 24.8 Å². The maximum absolute atomic E-state index is 13.5. The van der Waals surface area contributed by atoms with E-state index in [2.05, 4.69) is 35.1 Å². The average molecular weight is 607 g/mol. The Morgan fingerprint density at radius 3 is 2.64 bits per heavy atom. The molecule has 1 aromatic rings. The molecule has 3 aliphatic heterocycles. The van der Waals surface area contributed by atoms with Crippen LogP contribution in [0.3, 0.4) is 0 Å². The Bertz CT molecular complexity index is 1250. The molecule has 3 fully saturated rings. The van der Waals surface area contributed by atoms with Crippen LogP contribution in [0.25, 0.3) is 0 Å². The van der Waals surface area contributed by atoms with Crippen LogP contribution >= 0.6 is 11.9 Å². The SMILES string of the molecule is C=C/C1=N\N(C)CCCC2CN(c3nc(N4CCC(CCCC5(C(F)(F)F)CC5)C4=O)ccc3C(=O)NS1)C(C)(C)C2. The first kappa shape index (κ1) is 30.7. The van der Waals surface area contributed by atoms with E-state index in [1.165, 1.54) is 0 Å². The summed E-state index contributed by atoms with van der Waals surface area (Å²) < 4.78 is 42.9. The van der Waals surface area contributed by atoms with E-state index in [4.69, 9.17) is 4.98 Å². The molecule has 2 unspecified atom stereocenters. The number of hydrazone groups is 1. The predicted molar refractivity (Wildman–Crippen MR) is 160 cm³/mol. The summed E-state index contributed by atoms with van der Waals surface area (Å²) in [6, 6.07) is 3.42. The van der Waals surface area contributed by atoms with Crippen molar-refractivity contribution in [2.24, 2.45) is 22.4 Å². The molecule has 2 saturated heterocycles. The van der Waals surface area contributed by atoms with E-state index in [1.54, 1.807) is 23.1 Å². The van der Waals surface area contributed by atoms with Crippen molar-refractivity contribution < 1.29 is 22.8 Å². The molecule has 2 bridgehead atoms. The third-order valence-corrected chi connectivity index (χ3v) is 10.1. The van der Waals surface area contributed by atoms with Gasteiger partial charge in [0.15, 0.2) is 0 Å². The second-order valence-electron chi connectivity index (χ2n) is 12.9. The fourth-order valence-electron chi connectivity index (χ4n) is 6.76. The number of anilines is 2. The van der Waals surface area contributed by atoms with Crippen molar-refractivity contribution in [2.75, 3.05) is 36.5 Å². The van der Waals surface area contributed by atoms with Crippen molar-refractivity contribution >= 4 is 40.4 Å². The Morgan fingerprint density at radius 1 is 1.19 bits per heavy atom. The first-order chi connectivity index (χ1) is 19.8. The van der Waals surface area contributed by atoms with Gasteiger partial charge in [-0.15, -0.1) is 0 Å². The van der Waals surface area contributed by atoms with E-state index >= 15 is 0 Å². The summed E-state index contributed by atoms with van der Waals surface area (Å²) in [5.74, 6) is 0.708. The van der Waals surface area contributed by atoms with E-state index in [0.29, 0.717) is 54.0 Å². The summed E-state index contributed by atoms with van der Waals surface area (Å²) in [6.07, 6.45) is 2.27. The van der Waals surface area contributed by atoms with Crippen molar-refractivity contribution in [3.63, 3.8) is 0 Å². The number of nitrogens with one attached hydrogen (secondary N) is 1. The lowest BCUT2D eigenvalue weighted by Crippen LogP contribution is -2.40. The van der Waals surface area contributed by atoms with Crippen LogP contribution in [0.15, 0.2) is 29.9 Å². The number of hydrogen-bond donors (Lipinski definition) is 1.